The van der Waals surface area contributed by atoms with Gasteiger partial charge in [0.2, 0.25) is 0 Å². The largest absolute Gasteiger partial charge is 0.508 e. The van der Waals surface area contributed by atoms with Crippen LogP contribution in [0, 0.1) is 0 Å². The van der Waals surface area contributed by atoms with Crippen molar-refractivity contribution in [3.63, 3.8) is 0 Å². The highest BCUT2D eigenvalue weighted by Gasteiger charge is 2.11. The zero-order chi connectivity index (χ0) is 13.2. The van der Waals surface area contributed by atoms with E-state index < -0.39 is 0 Å². The molecule has 0 saturated heterocycles. The van der Waals surface area contributed by atoms with E-state index in [9.17, 15) is 5.11 Å². The van der Waals surface area contributed by atoms with Gasteiger partial charge >= 0.3 is 0 Å². The number of nitrogens with one attached hydrogen (secondary N) is 1. The number of hydrogen-bond acceptors (Lipinski definition) is 3. The van der Waals surface area contributed by atoms with Gasteiger partial charge in [0, 0.05) is 0 Å². The van der Waals surface area contributed by atoms with Crippen LogP contribution in [0.25, 0.3) is 11.0 Å². The van der Waals surface area contributed by atoms with E-state index in [1.54, 1.807) is 12.1 Å². The Morgan fingerprint density at radius 3 is 2.58 bits per heavy atom. The molecule has 1 aromatic heterocycles. The number of aromatic amines is 1. The number of aromatic nitrogens is 2. The molecule has 1 heterocycles. The molecule has 3 aromatic rings. The first-order chi connectivity index (χ1) is 9.22. The molecule has 0 spiro atoms. The summed E-state index contributed by atoms with van der Waals surface area (Å²) in [6.45, 7) is 0. The molecule has 3 rings (SSSR count). The lowest BCUT2D eigenvalue weighted by molar-refractivity contribution is 0.475. The Morgan fingerprint density at radius 2 is 1.84 bits per heavy atom. The van der Waals surface area contributed by atoms with Crippen molar-refractivity contribution in [3.8, 4) is 5.75 Å². The number of aromatic hydroxyl groups is 1. The summed E-state index contributed by atoms with van der Waals surface area (Å²) in [6.07, 6.45) is 0.681. The van der Waals surface area contributed by atoms with Gasteiger partial charge in [-0.1, -0.05) is 24.3 Å². The lowest BCUT2D eigenvalue weighted by Crippen LogP contribution is -2.14. The number of hydrogen-bond donors (Lipinski definition) is 3. The number of benzene rings is 2. The highest BCUT2D eigenvalue weighted by molar-refractivity contribution is 5.74. The van der Waals surface area contributed by atoms with E-state index in [0.717, 1.165) is 22.4 Å². The molecule has 4 N–H and O–H groups in total. The fraction of sp³-hybridized carbons (Fsp3) is 0.133. The second-order valence-corrected chi connectivity index (χ2v) is 4.62. The van der Waals surface area contributed by atoms with Crippen LogP contribution in [0.3, 0.4) is 0 Å². The quantitative estimate of drug-likeness (QED) is 0.671. The molecule has 2 aromatic carbocycles. The molecule has 0 saturated carbocycles. The standard InChI is InChI=1S/C15H15N3O/c16-12(9-10-5-7-11(19)8-6-10)15-17-13-3-1-2-4-14(13)18-15/h1-8,12,19H,9,16H2,(H,17,18). The maximum Gasteiger partial charge on any atom is 0.124 e. The highest BCUT2D eigenvalue weighted by Crippen LogP contribution is 2.19. The number of nitrogens with two attached hydrogens (primary N) is 1. The number of para-hydroxylation sites is 2. The van der Waals surface area contributed by atoms with Crippen molar-refractivity contribution in [1.82, 2.24) is 9.97 Å². The van der Waals surface area contributed by atoms with Crippen molar-refractivity contribution < 1.29 is 5.11 Å². The number of phenols is 1. The molecule has 1 unspecified atom stereocenters. The molecule has 4 nitrogen and oxygen atoms in total. The van der Waals surface area contributed by atoms with E-state index in [1.807, 2.05) is 36.4 Å². The van der Waals surface area contributed by atoms with Crippen molar-refractivity contribution in [2.75, 3.05) is 0 Å². The Balaban J connectivity index is 1.83. The third-order valence-corrected chi connectivity index (χ3v) is 3.15. The minimum atomic E-state index is -0.183. The van der Waals surface area contributed by atoms with Gasteiger partial charge in [-0.3, -0.25) is 0 Å². The molecular weight excluding hydrogens is 238 g/mol. The maximum absolute atomic E-state index is 9.25. The Bertz CT molecular complexity index is 655. The predicted octanol–water partition coefficient (Wildman–Crippen LogP) is 2.51. The van der Waals surface area contributed by atoms with Crippen LogP contribution in [-0.4, -0.2) is 15.1 Å². The third kappa shape index (κ3) is 2.44. The van der Waals surface area contributed by atoms with Crippen LogP contribution in [0.2, 0.25) is 0 Å². The van der Waals surface area contributed by atoms with Crippen LogP contribution in [0.5, 0.6) is 5.75 Å². The molecule has 19 heavy (non-hydrogen) atoms. The minimum Gasteiger partial charge on any atom is -0.508 e. The fourth-order valence-corrected chi connectivity index (χ4v) is 2.13. The van der Waals surface area contributed by atoms with Crippen LogP contribution >= 0.6 is 0 Å². The molecule has 0 aliphatic rings. The van der Waals surface area contributed by atoms with Gasteiger partial charge in [-0.05, 0) is 36.2 Å². The Morgan fingerprint density at radius 1 is 1.11 bits per heavy atom. The monoisotopic (exact) mass is 253 g/mol. The molecule has 0 amide bonds. The number of H-pyrrole nitrogens is 1. The molecule has 0 bridgehead atoms. The van der Waals surface area contributed by atoms with Crippen molar-refractivity contribution in [2.45, 2.75) is 12.5 Å². The molecule has 0 fully saturated rings. The summed E-state index contributed by atoms with van der Waals surface area (Å²) in [6, 6.07) is 14.8. The molecule has 1 atom stereocenters. The summed E-state index contributed by atoms with van der Waals surface area (Å²) in [5, 5.41) is 9.25. The number of imidazole rings is 1. The van der Waals surface area contributed by atoms with Crippen LogP contribution in [0.15, 0.2) is 48.5 Å². The van der Waals surface area contributed by atoms with Crippen molar-refractivity contribution in [1.29, 1.82) is 0 Å². The summed E-state index contributed by atoms with van der Waals surface area (Å²) in [7, 11) is 0. The first kappa shape index (κ1) is 11.7. The highest BCUT2D eigenvalue weighted by atomic mass is 16.3. The topological polar surface area (TPSA) is 74.9 Å². The summed E-state index contributed by atoms with van der Waals surface area (Å²) < 4.78 is 0. The summed E-state index contributed by atoms with van der Waals surface area (Å²) in [5.74, 6) is 1.05. The SMILES string of the molecule is NC(Cc1ccc(O)cc1)c1nc2ccccc2[nH]1. The van der Waals surface area contributed by atoms with Crippen molar-refractivity contribution in [3.05, 3.63) is 59.9 Å². The van der Waals surface area contributed by atoms with Crippen LogP contribution in [-0.2, 0) is 6.42 Å². The summed E-state index contributed by atoms with van der Waals surface area (Å²) in [5.41, 5.74) is 9.18. The number of phenolic OH excluding ortho intramolecular Hbond substituents is 1. The molecule has 0 radical (unpaired) electrons. The van der Waals surface area contributed by atoms with Gasteiger partial charge in [-0.25, -0.2) is 4.98 Å². The second-order valence-electron chi connectivity index (χ2n) is 4.62. The Hall–Kier alpha value is -2.33. The molecule has 0 aliphatic carbocycles. The van der Waals surface area contributed by atoms with E-state index in [-0.39, 0.29) is 11.8 Å². The van der Waals surface area contributed by atoms with Crippen LogP contribution in [0.4, 0.5) is 0 Å². The van der Waals surface area contributed by atoms with E-state index >= 15 is 0 Å². The van der Waals surface area contributed by atoms with Gasteiger partial charge in [0.25, 0.3) is 0 Å². The van der Waals surface area contributed by atoms with E-state index in [4.69, 9.17) is 5.73 Å². The zero-order valence-electron chi connectivity index (χ0n) is 10.4. The Kier molecular flexibility index (Phi) is 2.93. The second kappa shape index (κ2) is 4.74. The minimum absolute atomic E-state index is 0.183. The average molecular weight is 253 g/mol. The van der Waals surface area contributed by atoms with Gasteiger partial charge in [0.1, 0.15) is 11.6 Å². The van der Waals surface area contributed by atoms with Gasteiger partial charge in [-0.15, -0.1) is 0 Å². The van der Waals surface area contributed by atoms with Crippen LogP contribution < -0.4 is 5.73 Å². The normalized spacial score (nSPS) is 12.7. The lowest BCUT2D eigenvalue weighted by Gasteiger charge is -2.08. The third-order valence-electron chi connectivity index (χ3n) is 3.15. The van der Waals surface area contributed by atoms with E-state index in [2.05, 4.69) is 9.97 Å². The fourth-order valence-electron chi connectivity index (χ4n) is 2.13. The summed E-state index contributed by atoms with van der Waals surface area (Å²) in [4.78, 5) is 7.74. The lowest BCUT2D eigenvalue weighted by atomic mass is 10.1. The van der Waals surface area contributed by atoms with E-state index in [1.165, 1.54) is 0 Å². The zero-order valence-corrected chi connectivity index (χ0v) is 10.4. The Labute approximate surface area is 110 Å². The van der Waals surface area contributed by atoms with Gasteiger partial charge in [0.05, 0.1) is 17.1 Å². The molecule has 96 valence electrons. The number of nitrogens with zero attached hydrogens (tertiary/aromatic N) is 1. The number of fused-ring (bicyclic) bond motifs is 1. The molecular formula is C15H15N3O. The first-order valence-corrected chi connectivity index (χ1v) is 6.20. The number of rotatable bonds is 3. The van der Waals surface area contributed by atoms with Gasteiger partial charge in [0.15, 0.2) is 0 Å². The smallest absolute Gasteiger partial charge is 0.124 e. The molecule has 4 heteroatoms. The summed E-state index contributed by atoms with van der Waals surface area (Å²) >= 11 is 0. The maximum atomic E-state index is 9.25. The van der Waals surface area contributed by atoms with Gasteiger partial charge < -0.3 is 15.8 Å². The predicted molar refractivity (Wildman–Crippen MR) is 74.8 cm³/mol. The molecule has 0 aliphatic heterocycles. The van der Waals surface area contributed by atoms with Gasteiger partial charge in [-0.2, -0.15) is 0 Å². The van der Waals surface area contributed by atoms with Crippen molar-refractivity contribution >= 4 is 11.0 Å². The van der Waals surface area contributed by atoms with Crippen LogP contribution in [0.1, 0.15) is 17.4 Å². The van der Waals surface area contributed by atoms with E-state index in [0.29, 0.717) is 6.42 Å². The van der Waals surface area contributed by atoms with Crippen molar-refractivity contribution in [2.24, 2.45) is 5.73 Å². The first-order valence-electron chi connectivity index (χ1n) is 6.20. The average Bonchev–Trinajstić information content (AvgIpc) is 2.85.